The normalized spacial score (nSPS) is 23.8. The number of benzene rings is 1. The summed E-state index contributed by atoms with van der Waals surface area (Å²) >= 11 is 0. The van der Waals surface area contributed by atoms with Gasteiger partial charge in [0.1, 0.15) is 18.5 Å². The largest absolute Gasteiger partial charge is 0.478 e. The summed E-state index contributed by atoms with van der Waals surface area (Å²) in [7, 11) is 1.46. The molecule has 2 saturated heterocycles. The molecule has 6 rings (SSSR count). The van der Waals surface area contributed by atoms with E-state index in [0.717, 1.165) is 5.56 Å². The Morgan fingerprint density at radius 3 is 2.79 bits per heavy atom. The van der Waals surface area contributed by atoms with Gasteiger partial charge in [-0.3, -0.25) is 14.9 Å². The first-order valence-corrected chi connectivity index (χ1v) is 13.6. The fourth-order valence-corrected chi connectivity index (χ4v) is 5.44. The summed E-state index contributed by atoms with van der Waals surface area (Å²) < 4.78 is 26.9. The Balaban J connectivity index is 1.40. The average Bonchev–Trinajstić information content (AvgIpc) is 3.70. The molecule has 14 heteroatoms. The molecular weight excluding hydrogens is 558 g/mol. The molecule has 5 atom stereocenters. The molecule has 1 aromatic carbocycles. The number of urea groups is 1. The Labute approximate surface area is 245 Å². The Hall–Kier alpha value is -4.76. The predicted molar refractivity (Wildman–Crippen MR) is 152 cm³/mol. The third-order valence-corrected chi connectivity index (χ3v) is 7.28. The van der Waals surface area contributed by atoms with Crippen LogP contribution < -0.4 is 10.6 Å². The Morgan fingerprint density at radius 1 is 1.19 bits per heavy atom. The number of rotatable bonds is 9. The van der Waals surface area contributed by atoms with Crippen molar-refractivity contribution in [3.05, 3.63) is 84.2 Å². The highest BCUT2D eigenvalue weighted by Gasteiger charge is 2.64. The van der Waals surface area contributed by atoms with Crippen LogP contribution in [-0.4, -0.2) is 79.9 Å². The topological polar surface area (TPSA) is 172 Å². The van der Waals surface area contributed by atoms with Crippen LogP contribution in [0.4, 0.5) is 10.6 Å². The lowest BCUT2D eigenvalue weighted by molar-refractivity contribution is -0.147. The van der Waals surface area contributed by atoms with Crippen LogP contribution in [0.25, 0.3) is 17.2 Å². The van der Waals surface area contributed by atoms with Gasteiger partial charge in [0.15, 0.2) is 35.1 Å². The molecule has 2 fully saturated rings. The van der Waals surface area contributed by atoms with Crippen molar-refractivity contribution in [2.45, 2.75) is 37.3 Å². The van der Waals surface area contributed by atoms with Gasteiger partial charge in [-0.25, -0.2) is 24.5 Å². The number of nitrogens with one attached hydrogen (secondary N) is 2. The number of methoxy groups -OCH3 is 1. The number of amides is 2. The maximum Gasteiger partial charge on any atom is 0.337 e. The number of nitrogens with zero attached hydrogens (tertiary/aromatic N) is 5. The number of pyridine rings is 1. The zero-order valence-electron chi connectivity index (χ0n) is 23.3. The van der Waals surface area contributed by atoms with Gasteiger partial charge in [0.05, 0.1) is 24.2 Å². The van der Waals surface area contributed by atoms with Gasteiger partial charge in [-0.05, 0) is 30.7 Å². The minimum atomic E-state index is -1.31. The summed E-state index contributed by atoms with van der Waals surface area (Å²) in [5.74, 6) is -0.932. The fraction of sp³-hybridized carbons (Fsp3) is 0.310. The molecule has 2 aliphatic rings. The number of aromatic nitrogens is 5. The third-order valence-electron chi connectivity index (χ3n) is 7.28. The van der Waals surface area contributed by atoms with Gasteiger partial charge in [0.25, 0.3) is 0 Å². The smallest absolute Gasteiger partial charge is 0.337 e. The van der Waals surface area contributed by atoms with Crippen molar-refractivity contribution >= 4 is 35.1 Å². The van der Waals surface area contributed by atoms with Crippen molar-refractivity contribution < 1.29 is 33.6 Å². The van der Waals surface area contributed by atoms with E-state index in [1.54, 1.807) is 23.6 Å². The number of hydrogen-bond acceptors (Lipinski definition) is 10. The van der Waals surface area contributed by atoms with Gasteiger partial charge in [-0.1, -0.05) is 36.4 Å². The Kier molecular flexibility index (Phi) is 7.82. The second-order valence-corrected chi connectivity index (χ2v) is 9.86. The van der Waals surface area contributed by atoms with Crippen LogP contribution in [-0.2, 0) is 18.9 Å². The zero-order chi connectivity index (χ0) is 30.0. The summed E-state index contributed by atoms with van der Waals surface area (Å²) in [4.78, 5) is 41.7. The average molecular weight is 588 g/mol. The zero-order valence-corrected chi connectivity index (χ0v) is 23.3. The SMILES string of the molecule is CCNC(=O)Nc1ncnc2c1ncn2C1OC[C@]2(C(OC)c3ncccc3C(=O)O)O[C@@H](C=Cc3ccccc3)OC12. The van der Waals surface area contributed by atoms with Crippen molar-refractivity contribution in [2.24, 2.45) is 0 Å². The molecule has 3 unspecified atom stereocenters. The number of carboxylic acid groups (broad SMARTS) is 1. The van der Waals surface area contributed by atoms with Crippen LogP contribution in [0, 0.1) is 0 Å². The number of fused-ring (bicyclic) bond motifs is 2. The van der Waals surface area contributed by atoms with Crippen LogP contribution in [0.15, 0.2) is 67.4 Å². The van der Waals surface area contributed by atoms with E-state index in [4.69, 9.17) is 18.9 Å². The molecule has 14 nitrogen and oxygen atoms in total. The molecule has 2 aliphatic heterocycles. The van der Waals surface area contributed by atoms with Gasteiger partial charge in [-0.2, -0.15) is 0 Å². The van der Waals surface area contributed by atoms with E-state index in [1.165, 1.54) is 32.0 Å². The molecular formula is C29H29N7O7. The number of carboxylic acids is 1. The lowest BCUT2D eigenvalue weighted by atomic mass is 9.88. The summed E-state index contributed by atoms with van der Waals surface area (Å²) in [5, 5.41) is 15.3. The maximum absolute atomic E-state index is 12.2. The highest BCUT2D eigenvalue weighted by Crippen LogP contribution is 2.51. The molecule has 0 spiro atoms. The minimum Gasteiger partial charge on any atom is -0.478 e. The highest BCUT2D eigenvalue weighted by atomic mass is 16.8. The van der Waals surface area contributed by atoms with Gasteiger partial charge < -0.3 is 29.4 Å². The van der Waals surface area contributed by atoms with E-state index in [-0.39, 0.29) is 23.7 Å². The second-order valence-electron chi connectivity index (χ2n) is 9.86. The first-order chi connectivity index (χ1) is 20.9. The molecule has 0 aliphatic carbocycles. The fourth-order valence-electron chi connectivity index (χ4n) is 5.44. The van der Waals surface area contributed by atoms with Gasteiger partial charge in [0.2, 0.25) is 0 Å². The predicted octanol–water partition coefficient (Wildman–Crippen LogP) is 3.17. The van der Waals surface area contributed by atoms with Crippen LogP contribution in [0.1, 0.15) is 40.9 Å². The number of carbonyl (C=O) groups is 2. The minimum absolute atomic E-state index is 0.0269. The van der Waals surface area contributed by atoms with Crippen molar-refractivity contribution in [3.63, 3.8) is 0 Å². The molecule has 43 heavy (non-hydrogen) atoms. The lowest BCUT2D eigenvalue weighted by Gasteiger charge is -2.33. The van der Waals surface area contributed by atoms with Gasteiger partial charge in [-0.15, -0.1) is 0 Å². The van der Waals surface area contributed by atoms with Crippen molar-refractivity contribution in [1.29, 1.82) is 0 Å². The summed E-state index contributed by atoms with van der Waals surface area (Å²) in [6.07, 6.45) is 4.53. The number of imidazole rings is 1. The van der Waals surface area contributed by atoms with E-state index in [2.05, 4.69) is 30.6 Å². The van der Waals surface area contributed by atoms with Crippen molar-refractivity contribution in [1.82, 2.24) is 29.8 Å². The number of ether oxygens (including phenoxy) is 4. The third kappa shape index (κ3) is 5.21. The first-order valence-electron chi connectivity index (χ1n) is 13.6. The number of anilines is 1. The molecule has 4 aromatic rings. The van der Waals surface area contributed by atoms with Gasteiger partial charge >= 0.3 is 12.0 Å². The monoisotopic (exact) mass is 587 g/mol. The molecule has 0 radical (unpaired) electrons. The van der Waals surface area contributed by atoms with Crippen LogP contribution in [0.5, 0.6) is 0 Å². The van der Waals surface area contributed by atoms with Gasteiger partial charge in [0, 0.05) is 19.9 Å². The molecule has 3 aromatic heterocycles. The lowest BCUT2D eigenvalue weighted by Crippen LogP contribution is -2.47. The van der Waals surface area contributed by atoms with Crippen LogP contribution >= 0.6 is 0 Å². The molecule has 0 bridgehead atoms. The van der Waals surface area contributed by atoms with Crippen LogP contribution in [0.3, 0.4) is 0 Å². The first kappa shape index (κ1) is 28.4. The summed E-state index contributed by atoms with van der Waals surface area (Å²) in [6.45, 7) is 2.21. The Morgan fingerprint density at radius 2 is 2.02 bits per heavy atom. The van der Waals surface area contributed by atoms with E-state index in [1.807, 2.05) is 36.4 Å². The molecule has 3 N–H and O–H groups in total. The maximum atomic E-state index is 12.2. The Bertz CT molecular complexity index is 1660. The highest BCUT2D eigenvalue weighted by molar-refractivity contribution is 5.95. The number of aromatic carboxylic acids is 1. The summed E-state index contributed by atoms with van der Waals surface area (Å²) in [5.41, 5.74) is 0.506. The van der Waals surface area contributed by atoms with Crippen molar-refractivity contribution in [3.8, 4) is 0 Å². The number of hydrogen-bond donors (Lipinski definition) is 3. The molecule has 222 valence electrons. The molecule has 5 heterocycles. The molecule has 0 saturated carbocycles. The number of carbonyl (C=O) groups excluding carboxylic acids is 1. The van der Waals surface area contributed by atoms with E-state index in [0.29, 0.717) is 17.7 Å². The molecule has 2 amide bonds. The van der Waals surface area contributed by atoms with Crippen LogP contribution in [0.2, 0.25) is 0 Å². The van der Waals surface area contributed by atoms with E-state index in [9.17, 15) is 14.7 Å². The summed E-state index contributed by atoms with van der Waals surface area (Å²) in [6, 6.07) is 12.2. The second kappa shape index (κ2) is 11.9. The van der Waals surface area contributed by atoms with E-state index < -0.39 is 42.3 Å². The van der Waals surface area contributed by atoms with E-state index >= 15 is 0 Å². The quantitative estimate of drug-likeness (QED) is 0.263. The van der Waals surface area contributed by atoms with Crippen molar-refractivity contribution in [2.75, 3.05) is 25.6 Å². The standard InChI is InChI=1S/C29H29N7O7/c1-3-30-28(39)35-24-21-25(33-15-32-24)36(16-34-21)26-23-29(14-41-26,22(40-2)20-18(27(37)38)10-7-13-31-20)43-19(42-23)12-11-17-8-5-4-6-9-17/h4-13,15-16,19,22-23,26H,3,14H2,1-2H3,(H,37,38)(H2,30,32,33,35,39)/t19-,22?,23?,26?,29+/m0/s1.